The first kappa shape index (κ1) is 24.0. The predicted octanol–water partition coefficient (Wildman–Crippen LogP) is 5.07. The molecule has 0 spiro atoms. The third-order valence-electron chi connectivity index (χ3n) is 4.10. The molecule has 0 saturated heterocycles. The molecule has 0 aliphatic heterocycles. The lowest BCUT2D eigenvalue weighted by Crippen LogP contribution is -2.39. The van der Waals surface area contributed by atoms with Gasteiger partial charge >= 0.3 is 0 Å². The Bertz CT molecular complexity index is 861. The van der Waals surface area contributed by atoms with Gasteiger partial charge in [-0.05, 0) is 49.7 Å². The lowest BCUT2D eigenvalue weighted by atomic mass is 10.3. The summed E-state index contributed by atoms with van der Waals surface area (Å²) < 4.78 is 5.68. The Kier molecular flexibility index (Phi) is 9.94. The standard InChI is InChI=1S/C22H27Cl2N3O3/c1-3-11-27(14-21(28)25-18-10-9-16(23)13-17(18)24)15-22(29)26-19-7-5-6-8-20(19)30-12-4-2/h5-10,13H,3-4,11-12,14-15H2,1-2H3,(H,25,28)(H,26,29). The monoisotopic (exact) mass is 451 g/mol. The maximum absolute atomic E-state index is 12.6. The third kappa shape index (κ3) is 7.86. The molecule has 2 aromatic carbocycles. The Morgan fingerprint density at radius 2 is 1.60 bits per heavy atom. The quantitative estimate of drug-likeness (QED) is 0.500. The number of anilines is 2. The summed E-state index contributed by atoms with van der Waals surface area (Å²) in [6.07, 6.45) is 1.68. The van der Waals surface area contributed by atoms with Crippen LogP contribution in [0.3, 0.4) is 0 Å². The Morgan fingerprint density at radius 3 is 2.23 bits per heavy atom. The minimum absolute atomic E-state index is 0.0637. The summed E-state index contributed by atoms with van der Waals surface area (Å²) in [6.45, 7) is 5.33. The highest BCUT2D eigenvalue weighted by Gasteiger charge is 2.16. The molecule has 0 fully saturated rings. The molecule has 2 rings (SSSR count). The number of benzene rings is 2. The molecule has 8 heteroatoms. The second-order valence-corrected chi connectivity index (χ2v) is 7.62. The van der Waals surface area contributed by atoms with Crippen LogP contribution in [0.1, 0.15) is 26.7 Å². The van der Waals surface area contributed by atoms with Crippen LogP contribution in [0.25, 0.3) is 0 Å². The van der Waals surface area contributed by atoms with Crippen molar-refractivity contribution in [3.8, 4) is 5.75 Å². The fourth-order valence-electron chi connectivity index (χ4n) is 2.81. The van der Waals surface area contributed by atoms with Gasteiger partial charge in [0.05, 0.1) is 36.1 Å². The molecule has 6 nitrogen and oxygen atoms in total. The summed E-state index contributed by atoms with van der Waals surface area (Å²) in [5.41, 5.74) is 1.10. The minimum atomic E-state index is -0.257. The van der Waals surface area contributed by atoms with Crippen LogP contribution in [0.5, 0.6) is 5.75 Å². The van der Waals surface area contributed by atoms with Crippen LogP contribution >= 0.6 is 23.2 Å². The van der Waals surface area contributed by atoms with E-state index < -0.39 is 0 Å². The molecule has 0 radical (unpaired) electrons. The number of hydrogen-bond acceptors (Lipinski definition) is 4. The lowest BCUT2D eigenvalue weighted by molar-refractivity contribution is -0.120. The number of halogens is 2. The maximum atomic E-state index is 12.6. The first-order valence-electron chi connectivity index (χ1n) is 9.91. The fourth-order valence-corrected chi connectivity index (χ4v) is 3.27. The molecule has 0 saturated carbocycles. The number of hydrogen-bond donors (Lipinski definition) is 2. The van der Waals surface area contributed by atoms with E-state index in [0.717, 1.165) is 12.8 Å². The topological polar surface area (TPSA) is 70.7 Å². The second kappa shape index (κ2) is 12.4. The van der Waals surface area contributed by atoms with E-state index in [0.29, 0.717) is 40.3 Å². The van der Waals surface area contributed by atoms with Crippen LogP contribution < -0.4 is 15.4 Å². The zero-order chi connectivity index (χ0) is 21.9. The summed E-state index contributed by atoms with van der Waals surface area (Å²) >= 11 is 12.0. The SMILES string of the molecule is CCCOc1ccccc1NC(=O)CN(CCC)CC(=O)Nc1ccc(Cl)cc1Cl. The Morgan fingerprint density at radius 1 is 0.933 bits per heavy atom. The number of carbonyl (C=O) groups is 2. The second-order valence-electron chi connectivity index (χ2n) is 6.78. The van der Waals surface area contributed by atoms with Gasteiger partial charge in [-0.2, -0.15) is 0 Å². The van der Waals surface area contributed by atoms with E-state index in [1.54, 1.807) is 29.2 Å². The zero-order valence-electron chi connectivity index (χ0n) is 17.2. The number of ether oxygens (including phenoxy) is 1. The number of nitrogens with zero attached hydrogens (tertiary/aromatic N) is 1. The summed E-state index contributed by atoms with van der Waals surface area (Å²) in [5.74, 6) is 0.158. The number of amides is 2. The first-order valence-corrected chi connectivity index (χ1v) is 10.7. The molecule has 162 valence electrons. The molecule has 30 heavy (non-hydrogen) atoms. The molecule has 2 amide bonds. The molecule has 2 N–H and O–H groups in total. The van der Waals surface area contributed by atoms with Gasteiger partial charge in [-0.1, -0.05) is 49.2 Å². The van der Waals surface area contributed by atoms with Gasteiger partial charge in [-0.15, -0.1) is 0 Å². The molecular weight excluding hydrogens is 425 g/mol. The van der Waals surface area contributed by atoms with E-state index in [1.165, 1.54) is 0 Å². The van der Waals surface area contributed by atoms with E-state index in [-0.39, 0.29) is 24.9 Å². The van der Waals surface area contributed by atoms with E-state index in [4.69, 9.17) is 27.9 Å². The summed E-state index contributed by atoms with van der Waals surface area (Å²) in [4.78, 5) is 26.8. The summed E-state index contributed by atoms with van der Waals surface area (Å²) in [5, 5.41) is 6.48. The molecule has 0 aromatic heterocycles. The largest absolute Gasteiger partial charge is 0.491 e. The van der Waals surface area contributed by atoms with Crippen molar-refractivity contribution < 1.29 is 14.3 Å². The highest BCUT2D eigenvalue weighted by molar-refractivity contribution is 6.36. The Hall–Kier alpha value is -2.28. The number of rotatable bonds is 11. The van der Waals surface area contributed by atoms with Crippen LogP contribution in [0.4, 0.5) is 11.4 Å². The van der Waals surface area contributed by atoms with Gasteiger partial charge < -0.3 is 15.4 Å². The third-order valence-corrected chi connectivity index (χ3v) is 4.65. The average molecular weight is 452 g/mol. The van der Waals surface area contributed by atoms with Crippen LogP contribution in [0.2, 0.25) is 10.0 Å². The summed E-state index contributed by atoms with van der Waals surface area (Å²) in [6, 6.07) is 12.2. The number of para-hydroxylation sites is 2. The van der Waals surface area contributed by atoms with Gasteiger partial charge in [0.15, 0.2) is 0 Å². The lowest BCUT2D eigenvalue weighted by Gasteiger charge is -2.21. The van der Waals surface area contributed by atoms with Gasteiger partial charge in [-0.25, -0.2) is 0 Å². The van der Waals surface area contributed by atoms with E-state index in [1.807, 2.05) is 32.0 Å². The molecule has 0 unspecified atom stereocenters. The van der Waals surface area contributed by atoms with Crippen molar-refractivity contribution in [1.29, 1.82) is 0 Å². The molecule has 0 atom stereocenters. The minimum Gasteiger partial charge on any atom is -0.491 e. The van der Waals surface area contributed by atoms with Crippen molar-refractivity contribution in [2.45, 2.75) is 26.7 Å². The van der Waals surface area contributed by atoms with Crippen molar-refractivity contribution in [2.75, 3.05) is 36.9 Å². The van der Waals surface area contributed by atoms with Crippen molar-refractivity contribution in [2.24, 2.45) is 0 Å². The molecule has 0 aliphatic rings. The highest BCUT2D eigenvalue weighted by atomic mass is 35.5. The van der Waals surface area contributed by atoms with Crippen molar-refractivity contribution in [3.63, 3.8) is 0 Å². The van der Waals surface area contributed by atoms with Crippen LogP contribution in [0.15, 0.2) is 42.5 Å². The normalized spacial score (nSPS) is 10.7. The average Bonchev–Trinajstić information content (AvgIpc) is 2.69. The molecular formula is C22H27Cl2N3O3. The smallest absolute Gasteiger partial charge is 0.238 e. The van der Waals surface area contributed by atoms with E-state index in [9.17, 15) is 9.59 Å². The van der Waals surface area contributed by atoms with Crippen LogP contribution in [-0.4, -0.2) is 43.0 Å². The van der Waals surface area contributed by atoms with Gasteiger partial charge in [0.1, 0.15) is 5.75 Å². The Labute approximate surface area is 187 Å². The number of nitrogens with one attached hydrogen (secondary N) is 2. The molecule has 0 heterocycles. The first-order chi connectivity index (χ1) is 14.4. The zero-order valence-corrected chi connectivity index (χ0v) is 18.7. The van der Waals surface area contributed by atoms with Crippen molar-refractivity contribution >= 4 is 46.4 Å². The maximum Gasteiger partial charge on any atom is 0.238 e. The van der Waals surface area contributed by atoms with Crippen LogP contribution in [-0.2, 0) is 9.59 Å². The number of carbonyl (C=O) groups excluding carboxylic acids is 2. The summed E-state index contributed by atoms with van der Waals surface area (Å²) in [7, 11) is 0. The van der Waals surface area contributed by atoms with Gasteiger partial charge in [0, 0.05) is 5.02 Å². The van der Waals surface area contributed by atoms with Gasteiger partial charge in [0.2, 0.25) is 11.8 Å². The fraction of sp³-hybridized carbons (Fsp3) is 0.364. The predicted molar refractivity (Wildman–Crippen MR) is 123 cm³/mol. The van der Waals surface area contributed by atoms with Gasteiger partial charge in [-0.3, -0.25) is 14.5 Å². The molecule has 2 aromatic rings. The van der Waals surface area contributed by atoms with Crippen molar-refractivity contribution in [1.82, 2.24) is 4.90 Å². The van der Waals surface area contributed by atoms with Crippen LogP contribution in [0, 0.1) is 0 Å². The van der Waals surface area contributed by atoms with Crippen molar-refractivity contribution in [3.05, 3.63) is 52.5 Å². The highest BCUT2D eigenvalue weighted by Crippen LogP contribution is 2.25. The molecule has 0 bridgehead atoms. The van der Waals surface area contributed by atoms with E-state index >= 15 is 0 Å². The van der Waals surface area contributed by atoms with E-state index in [2.05, 4.69) is 10.6 Å². The van der Waals surface area contributed by atoms with Gasteiger partial charge in [0.25, 0.3) is 0 Å². The Balaban J connectivity index is 1.96. The molecule has 0 aliphatic carbocycles.